The van der Waals surface area contributed by atoms with E-state index in [4.69, 9.17) is 11.1 Å². The lowest BCUT2D eigenvalue weighted by Gasteiger charge is -2.18. The number of aromatic nitrogens is 2. The van der Waals surface area contributed by atoms with Gasteiger partial charge in [0.2, 0.25) is 0 Å². The van der Waals surface area contributed by atoms with Gasteiger partial charge in [-0.2, -0.15) is 0 Å². The summed E-state index contributed by atoms with van der Waals surface area (Å²) in [5, 5.41) is 7.48. The van der Waals surface area contributed by atoms with Crippen LogP contribution < -0.4 is 10.6 Å². The van der Waals surface area contributed by atoms with E-state index in [1.54, 1.807) is 6.33 Å². The normalized spacial score (nSPS) is 10.3. The first-order valence-corrected chi connectivity index (χ1v) is 6.55. The number of benzene rings is 1. The SMILES string of the molecule is CCc1cc(N(C)Cc2cccc(C(=N)N)c2)ncn1. The van der Waals surface area contributed by atoms with Gasteiger partial charge in [-0.3, -0.25) is 5.41 Å². The Hall–Kier alpha value is -2.43. The lowest BCUT2D eigenvalue weighted by Crippen LogP contribution is -2.19. The molecule has 0 aliphatic carbocycles. The summed E-state index contributed by atoms with van der Waals surface area (Å²) in [7, 11) is 1.99. The van der Waals surface area contributed by atoms with Gasteiger partial charge in [0.1, 0.15) is 18.0 Å². The molecule has 0 unspecified atom stereocenters. The number of nitrogens with zero attached hydrogens (tertiary/aromatic N) is 3. The molecule has 0 saturated heterocycles. The summed E-state index contributed by atoms with van der Waals surface area (Å²) in [6.45, 7) is 2.78. The van der Waals surface area contributed by atoms with Gasteiger partial charge in [0.05, 0.1) is 0 Å². The van der Waals surface area contributed by atoms with Crippen molar-refractivity contribution in [2.75, 3.05) is 11.9 Å². The molecule has 0 aliphatic heterocycles. The molecule has 2 rings (SSSR count). The molecule has 1 heterocycles. The van der Waals surface area contributed by atoms with E-state index < -0.39 is 0 Å². The Bertz CT molecular complexity index is 609. The van der Waals surface area contributed by atoms with E-state index in [1.807, 2.05) is 37.4 Å². The van der Waals surface area contributed by atoms with Crippen molar-refractivity contribution in [1.29, 1.82) is 5.41 Å². The van der Waals surface area contributed by atoms with Gasteiger partial charge in [-0.05, 0) is 18.1 Å². The molecule has 2 aromatic rings. The predicted molar refractivity (Wildman–Crippen MR) is 81.0 cm³/mol. The minimum absolute atomic E-state index is 0.0878. The Morgan fingerprint density at radius 3 is 2.80 bits per heavy atom. The summed E-state index contributed by atoms with van der Waals surface area (Å²) in [6, 6.07) is 9.70. The molecule has 3 N–H and O–H groups in total. The molecule has 0 atom stereocenters. The number of hydrogen-bond donors (Lipinski definition) is 2. The van der Waals surface area contributed by atoms with E-state index in [0.717, 1.165) is 29.1 Å². The second-order valence-electron chi connectivity index (χ2n) is 4.69. The van der Waals surface area contributed by atoms with E-state index in [1.165, 1.54) is 0 Å². The second-order valence-corrected chi connectivity index (χ2v) is 4.69. The third-order valence-electron chi connectivity index (χ3n) is 3.12. The Labute approximate surface area is 119 Å². The standard InChI is InChI=1S/C15H19N5/c1-3-13-8-14(19-10-18-13)20(2)9-11-5-4-6-12(7-11)15(16)17/h4-8,10H,3,9H2,1-2H3,(H3,16,17). The number of nitrogen functional groups attached to an aromatic ring is 1. The van der Waals surface area contributed by atoms with Crippen molar-refractivity contribution >= 4 is 11.7 Å². The van der Waals surface area contributed by atoms with E-state index in [9.17, 15) is 0 Å². The topological polar surface area (TPSA) is 78.9 Å². The zero-order chi connectivity index (χ0) is 14.5. The molecule has 20 heavy (non-hydrogen) atoms. The van der Waals surface area contributed by atoms with Crippen molar-refractivity contribution in [3.8, 4) is 0 Å². The maximum absolute atomic E-state index is 7.48. The van der Waals surface area contributed by atoms with Gasteiger partial charge in [-0.15, -0.1) is 0 Å². The molecule has 5 nitrogen and oxygen atoms in total. The molecule has 0 spiro atoms. The predicted octanol–water partition coefficient (Wildman–Crippen LogP) is 1.96. The van der Waals surface area contributed by atoms with Crippen molar-refractivity contribution in [3.63, 3.8) is 0 Å². The van der Waals surface area contributed by atoms with Crippen LogP contribution in [0.25, 0.3) is 0 Å². The molecular weight excluding hydrogens is 250 g/mol. The van der Waals surface area contributed by atoms with Crippen molar-refractivity contribution in [1.82, 2.24) is 9.97 Å². The highest BCUT2D eigenvalue weighted by Crippen LogP contribution is 2.14. The van der Waals surface area contributed by atoms with Crippen LogP contribution in [0.5, 0.6) is 0 Å². The highest BCUT2D eigenvalue weighted by molar-refractivity contribution is 5.95. The fourth-order valence-electron chi connectivity index (χ4n) is 1.98. The summed E-state index contributed by atoms with van der Waals surface area (Å²) < 4.78 is 0. The highest BCUT2D eigenvalue weighted by atomic mass is 15.2. The molecule has 0 aliphatic rings. The van der Waals surface area contributed by atoms with Gasteiger partial charge in [-0.1, -0.05) is 25.1 Å². The molecular formula is C15H19N5. The smallest absolute Gasteiger partial charge is 0.132 e. The molecule has 0 fully saturated rings. The lowest BCUT2D eigenvalue weighted by atomic mass is 10.1. The number of nitrogens with one attached hydrogen (secondary N) is 1. The molecule has 0 saturated carbocycles. The number of rotatable bonds is 5. The van der Waals surface area contributed by atoms with Crippen LogP contribution in [0.3, 0.4) is 0 Å². The average Bonchev–Trinajstić information content (AvgIpc) is 2.47. The minimum atomic E-state index is 0.0878. The summed E-state index contributed by atoms with van der Waals surface area (Å²) in [6.07, 6.45) is 2.49. The molecule has 1 aromatic heterocycles. The van der Waals surface area contributed by atoms with Crippen LogP contribution in [-0.4, -0.2) is 22.9 Å². The molecule has 0 radical (unpaired) electrons. The maximum Gasteiger partial charge on any atom is 0.132 e. The Morgan fingerprint density at radius 2 is 2.10 bits per heavy atom. The third kappa shape index (κ3) is 3.32. The zero-order valence-electron chi connectivity index (χ0n) is 11.8. The second kappa shape index (κ2) is 6.14. The Kier molecular flexibility index (Phi) is 4.30. The number of nitrogens with two attached hydrogens (primary N) is 1. The fraction of sp³-hybridized carbons (Fsp3) is 0.267. The first-order chi connectivity index (χ1) is 9.60. The summed E-state index contributed by atoms with van der Waals surface area (Å²) in [5.74, 6) is 0.981. The first-order valence-electron chi connectivity index (χ1n) is 6.55. The van der Waals surface area contributed by atoms with Crippen LogP contribution >= 0.6 is 0 Å². The van der Waals surface area contributed by atoms with Gasteiger partial charge in [0.25, 0.3) is 0 Å². The summed E-state index contributed by atoms with van der Waals surface area (Å²) >= 11 is 0. The van der Waals surface area contributed by atoms with Crippen molar-refractivity contribution < 1.29 is 0 Å². The number of anilines is 1. The summed E-state index contributed by atoms with van der Waals surface area (Å²) in [4.78, 5) is 10.5. The number of aryl methyl sites for hydroxylation is 1. The largest absolute Gasteiger partial charge is 0.384 e. The van der Waals surface area contributed by atoms with Gasteiger partial charge in [-0.25, -0.2) is 9.97 Å². The monoisotopic (exact) mass is 269 g/mol. The highest BCUT2D eigenvalue weighted by Gasteiger charge is 2.06. The van der Waals surface area contributed by atoms with E-state index in [0.29, 0.717) is 6.54 Å². The van der Waals surface area contributed by atoms with E-state index in [2.05, 4.69) is 21.8 Å². The quantitative estimate of drug-likeness (QED) is 0.642. The fourth-order valence-corrected chi connectivity index (χ4v) is 1.98. The van der Waals surface area contributed by atoms with Crippen LogP contribution in [0.15, 0.2) is 36.7 Å². The molecule has 5 heteroatoms. The van der Waals surface area contributed by atoms with Crippen molar-refractivity contribution in [2.24, 2.45) is 5.73 Å². The van der Waals surface area contributed by atoms with Crippen LogP contribution in [0.4, 0.5) is 5.82 Å². The maximum atomic E-state index is 7.48. The van der Waals surface area contributed by atoms with Crippen molar-refractivity contribution in [3.05, 3.63) is 53.5 Å². The lowest BCUT2D eigenvalue weighted by molar-refractivity contribution is 0.878. The van der Waals surface area contributed by atoms with Crippen LogP contribution in [-0.2, 0) is 13.0 Å². The van der Waals surface area contributed by atoms with Gasteiger partial charge in [0.15, 0.2) is 0 Å². The van der Waals surface area contributed by atoms with E-state index >= 15 is 0 Å². The zero-order valence-corrected chi connectivity index (χ0v) is 11.8. The van der Waals surface area contributed by atoms with Crippen LogP contribution in [0, 0.1) is 5.41 Å². The van der Waals surface area contributed by atoms with Crippen LogP contribution in [0.1, 0.15) is 23.7 Å². The van der Waals surface area contributed by atoms with Gasteiger partial charge >= 0.3 is 0 Å². The van der Waals surface area contributed by atoms with Gasteiger partial charge in [0, 0.05) is 30.9 Å². The Balaban J connectivity index is 2.16. The van der Waals surface area contributed by atoms with Crippen molar-refractivity contribution in [2.45, 2.75) is 19.9 Å². The number of hydrogen-bond acceptors (Lipinski definition) is 4. The average molecular weight is 269 g/mol. The van der Waals surface area contributed by atoms with E-state index in [-0.39, 0.29) is 5.84 Å². The number of amidine groups is 1. The molecule has 0 amide bonds. The third-order valence-corrected chi connectivity index (χ3v) is 3.12. The van der Waals surface area contributed by atoms with Crippen LogP contribution in [0.2, 0.25) is 0 Å². The molecule has 104 valence electrons. The first kappa shape index (κ1) is 14.0. The molecule has 0 bridgehead atoms. The Morgan fingerprint density at radius 1 is 1.30 bits per heavy atom. The summed E-state index contributed by atoms with van der Waals surface area (Å²) in [5.41, 5.74) is 8.38. The molecule has 1 aromatic carbocycles. The van der Waals surface area contributed by atoms with Gasteiger partial charge < -0.3 is 10.6 Å². The minimum Gasteiger partial charge on any atom is -0.384 e.